The van der Waals surface area contributed by atoms with Crippen molar-refractivity contribution in [3.63, 3.8) is 0 Å². The SMILES string of the molecule is CC[C@H]1OC(=O)[C@H](C)C(=O)[C@H](C)[C@@H](O[C@@H]2O[C@H](C)C[C@H](N(C)C)[C@H]2OC(C)=O)[C@@]2(C)C[C@@H](C)C(=NC(C)=O)[C@H](C)[C@@H](OCC(=O)CO2)[C@]1(C)O. The predicted octanol–water partition coefficient (Wildman–Crippen LogP) is 2.69. The molecule has 3 saturated heterocycles. The molecule has 0 saturated carbocycles. The lowest BCUT2D eigenvalue weighted by Gasteiger charge is -2.48. The first-order valence-corrected chi connectivity index (χ1v) is 17.6. The van der Waals surface area contributed by atoms with Crippen LogP contribution in [0, 0.1) is 23.7 Å². The third-order valence-electron chi connectivity index (χ3n) is 10.4. The molecule has 0 aromatic heterocycles. The van der Waals surface area contributed by atoms with E-state index in [9.17, 15) is 29.1 Å². The molecule has 13 atom stereocenters. The van der Waals surface area contributed by atoms with E-state index in [4.69, 9.17) is 28.4 Å². The number of hydrogen-bond donors (Lipinski definition) is 1. The van der Waals surface area contributed by atoms with E-state index in [1.807, 2.05) is 32.8 Å². The number of likely N-dealkylation sites (N-methyl/N-ethyl adjacent to an activating group) is 1. The zero-order valence-electron chi connectivity index (χ0n) is 31.7. The number of carbonyl (C=O) groups is 5. The summed E-state index contributed by atoms with van der Waals surface area (Å²) in [6.45, 7) is 15.0. The summed E-state index contributed by atoms with van der Waals surface area (Å²) in [6, 6.07) is -0.309. The molecular weight excluding hydrogens is 652 g/mol. The van der Waals surface area contributed by atoms with Crippen LogP contribution in [0.1, 0.15) is 88.5 Å². The molecule has 0 aromatic rings. The van der Waals surface area contributed by atoms with E-state index in [-0.39, 0.29) is 25.0 Å². The van der Waals surface area contributed by atoms with Gasteiger partial charge in [0.1, 0.15) is 30.8 Å². The van der Waals surface area contributed by atoms with Gasteiger partial charge in [0.25, 0.3) is 0 Å². The Labute approximate surface area is 295 Å². The van der Waals surface area contributed by atoms with Crippen LogP contribution in [0.3, 0.4) is 0 Å². The summed E-state index contributed by atoms with van der Waals surface area (Å²) in [5, 5.41) is 12.0. The summed E-state index contributed by atoms with van der Waals surface area (Å²) >= 11 is 0. The Kier molecular flexibility index (Phi) is 14.1. The molecule has 14 heteroatoms. The second-order valence-corrected chi connectivity index (χ2v) is 15.0. The van der Waals surface area contributed by atoms with Crippen LogP contribution in [0.15, 0.2) is 4.99 Å². The third kappa shape index (κ3) is 9.43. The van der Waals surface area contributed by atoms with Crippen LogP contribution >= 0.6 is 0 Å². The summed E-state index contributed by atoms with van der Waals surface area (Å²) in [7, 11) is 3.71. The van der Waals surface area contributed by atoms with Crippen molar-refractivity contribution in [2.45, 2.75) is 143 Å². The molecule has 1 N–H and O–H groups in total. The number of ketones is 2. The molecular formula is C36H58N2O12. The van der Waals surface area contributed by atoms with Gasteiger partial charge in [-0.25, -0.2) is 4.99 Å². The standard InChI is InChI=1S/C36H58N2O12/c1-13-27-36(10,44)32-20(4)28(37-23(7)39)18(2)15-35(9,46-17-25(41)16-45-32)31(21(5)29(42)22(6)33(43)49-27)50-34-30(48-24(8)40)26(38(11)12)14-19(3)47-34/h18-22,26-27,30-32,34,44H,13-17H2,1-12H3/t18-,19-,20+,21+,22-,26+,27-,30-,31-,32-,34+,35-,36-/m1/s1. The van der Waals surface area contributed by atoms with Gasteiger partial charge < -0.3 is 38.4 Å². The number of hydrogen-bond acceptors (Lipinski definition) is 13. The highest BCUT2D eigenvalue weighted by atomic mass is 16.7. The van der Waals surface area contributed by atoms with Gasteiger partial charge in [-0.3, -0.25) is 24.0 Å². The first kappa shape index (κ1) is 41.8. The maximum Gasteiger partial charge on any atom is 0.316 e. The molecule has 3 aliphatic heterocycles. The maximum absolute atomic E-state index is 14.3. The van der Waals surface area contributed by atoms with E-state index < -0.39 is 108 Å². The third-order valence-corrected chi connectivity index (χ3v) is 10.4. The van der Waals surface area contributed by atoms with Gasteiger partial charge >= 0.3 is 11.9 Å². The highest BCUT2D eigenvalue weighted by Gasteiger charge is 2.53. The van der Waals surface area contributed by atoms with Gasteiger partial charge in [0.05, 0.1) is 30.0 Å². The molecule has 0 radical (unpaired) electrons. The van der Waals surface area contributed by atoms with E-state index in [0.29, 0.717) is 12.1 Å². The van der Waals surface area contributed by atoms with Crippen LogP contribution < -0.4 is 0 Å². The number of amides is 1. The minimum absolute atomic E-state index is 0.0849. The lowest BCUT2D eigenvalue weighted by molar-refractivity contribution is -0.299. The van der Waals surface area contributed by atoms with E-state index in [1.54, 1.807) is 27.7 Å². The minimum Gasteiger partial charge on any atom is -0.459 e. The Bertz CT molecular complexity index is 1300. The summed E-state index contributed by atoms with van der Waals surface area (Å²) in [4.78, 5) is 72.6. The van der Waals surface area contributed by atoms with Crippen LogP contribution in [-0.2, 0) is 52.4 Å². The van der Waals surface area contributed by atoms with Crippen molar-refractivity contribution in [2.75, 3.05) is 27.3 Å². The van der Waals surface area contributed by atoms with Crippen molar-refractivity contribution >= 4 is 35.1 Å². The second kappa shape index (κ2) is 16.8. The Morgan fingerprint density at radius 1 is 1.02 bits per heavy atom. The van der Waals surface area contributed by atoms with E-state index in [2.05, 4.69) is 4.99 Å². The molecule has 1 amide bonds. The molecule has 2 bridgehead atoms. The fourth-order valence-corrected chi connectivity index (χ4v) is 7.85. The molecule has 50 heavy (non-hydrogen) atoms. The number of nitrogens with zero attached hydrogens (tertiary/aromatic N) is 2. The Balaban J connectivity index is 2.32. The van der Waals surface area contributed by atoms with Gasteiger partial charge in [0.15, 0.2) is 24.0 Å². The van der Waals surface area contributed by atoms with Crippen LogP contribution in [0.25, 0.3) is 0 Å². The zero-order chi connectivity index (χ0) is 37.9. The number of aliphatic imine (C=N–C) groups is 1. The fourth-order valence-electron chi connectivity index (χ4n) is 7.85. The van der Waals surface area contributed by atoms with Gasteiger partial charge in [0, 0.05) is 31.4 Å². The van der Waals surface area contributed by atoms with Crippen molar-refractivity contribution < 1.29 is 57.5 Å². The molecule has 3 fully saturated rings. The highest BCUT2D eigenvalue weighted by Crippen LogP contribution is 2.40. The number of esters is 2. The van der Waals surface area contributed by atoms with Crippen LogP contribution in [0.4, 0.5) is 0 Å². The van der Waals surface area contributed by atoms with Gasteiger partial charge in [-0.05, 0) is 67.0 Å². The van der Waals surface area contributed by atoms with E-state index >= 15 is 0 Å². The summed E-state index contributed by atoms with van der Waals surface area (Å²) < 4.78 is 37.2. The molecule has 0 aromatic carbocycles. The highest BCUT2D eigenvalue weighted by molar-refractivity contribution is 6.00. The number of fused-ring (bicyclic) bond motifs is 5. The topological polar surface area (TPSA) is 177 Å². The smallest absolute Gasteiger partial charge is 0.316 e. The van der Waals surface area contributed by atoms with Crippen LogP contribution in [0.2, 0.25) is 0 Å². The predicted molar refractivity (Wildman–Crippen MR) is 181 cm³/mol. The van der Waals surface area contributed by atoms with Crippen molar-refractivity contribution in [2.24, 2.45) is 28.7 Å². The maximum atomic E-state index is 14.3. The largest absolute Gasteiger partial charge is 0.459 e. The number of aliphatic hydroxyl groups is 1. The molecule has 14 nitrogen and oxygen atoms in total. The van der Waals surface area contributed by atoms with Crippen molar-refractivity contribution in [3.8, 4) is 0 Å². The molecule has 0 spiro atoms. The summed E-state index contributed by atoms with van der Waals surface area (Å²) in [5.74, 6) is -6.53. The fraction of sp³-hybridized carbons (Fsp3) is 0.833. The number of cyclic esters (lactones) is 1. The average molecular weight is 711 g/mol. The van der Waals surface area contributed by atoms with Crippen molar-refractivity contribution in [3.05, 3.63) is 0 Å². The summed E-state index contributed by atoms with van der Waals surface area (Å²) in [5.41, 5.74) is -2.96. The van der Waals surface area contributed by atoms with Crippen LogP contribution in [0.5, 0.6) is 0 Å². The molecule has 0 unspecified atom stereocenters. The molecule has 3 heterocycles. The number of rotatable bonds is 5. The van der Waals surface area contributed by atoms with E-state index in [1.165, 1.54) is 27.7 Å². The van der Waals surface area contributed by atoms with Gasteiger partial charge in [-0.1, -0.05) is 27.7 Å². The normalized spacial score (nSPS) is 41.9. The minimum atomic E-state index is -1.87. The van der Waals surface area contributed by atoms with Gasteiger partial charge in [-0.15, -0.1) is 0 Å². The van der Waals surface area contributed by atoms with Crippen molar-refractivity contribution in [1.82, 2.24) is 4.90 Å². The molecule has 3 rings (SSSR count). The van der Waals surface area contributed by atoms with Crippen LogP contribution in [-0.4, -0.2) is 126 Å². The number of carbonyl (C=O) groups excluding carboxylic acids is 5. The monoisotopic (exact) mass is 710 g/mol. The van der Waals surface area contributed by atoms with Gasteiger partial charge in [-0.2, -0.15) is 0 Å². The van der Waals surface area contributed by atoms with Crippen molar-refractivity contribution in [1.29, 1.82) is 0 Å². The first-order valence-electron chi connectivity index (χ1n) is 17.6. The average Bonchev–Trinajstić information content (AvgIpc) is 3.03. The lowest BCUT2D eigenvalue weighted by atomic mass is 9.73. The molecule has 0 aliphatic carbocycles. The van der Waals surface area contributed by atoms with Gasteiger partial charge in [0.2, 0.25) is 5.91 Å². The Hall–Kier alpha value is -2.62. The molecule has 284 valence electrons. The quantitative estimate of drug-likeness (QED) is 0.326. The summed E-state index contributed by atoms with van der Waals surface area (Å²) in [6.07, 6.45) is -5.13. The first-order chi connectivity index (χ1) is 23.1. The number of ether oxygens (including phenoxy) is 6. The Morgan fingerprint density at radius 2 is 1.66 bits per heavy atom. The molecule has 3 aliphatic rings. The second-order valence-electron chi connectivity index (χ2n) is 15.0. The Morgan fingerprint density at radius 3 is 2.22 bits per heavy atom. The lowest BCUT2D eigenvalue weighted by Crippen LogP contribution is -2.60. The number of Topliss-reactive ketones (excluding diaryl/α,β-unsaturated/α-hetero) is 2. The van der Waals surface area contributed by atoms with E-state index in [0.717, 1.165) is 0 Å². The zero-order valence-corrected chi connectivity index (χ0v) is 31.7.